The summed E-state index contributed by atoms with van der Waals surface area (Å²) in [5.74, 6) is 0.109. The molecule has 1 aromatic carbocycles. The molecule has 2 heterocycles. The normalized spacial score (nSPS) is 26.8. The Labute approximate surface area is 155 Å². The van der Waals surface area contributed by atoms with Crippen LogP contribution in [0.25, 0.3) is 0 Å². The highest BCUT2D eigenvalue weighted by molar-refractivity contribution is 9.10. The monoisotopic (exact) mass is 430 g/mol. The number of carbonyl (C=O) groups excluding carboxylic acids is 1. The molecule has 3 rings (SSSR count). The lowest BCUT2D eigenvalue weighted by Crippen LogP contribution is -2.37. The van der Waals surface area contributed by atoms with E-state index in [9.17, 15) is 13.2 Å². The largest absolute Gasteiger partial charge is 0.316 e. The lowest BCUT2D eigenvalue weighted by molar-refractivity contribution is -0.117. The zero-order chi connectivity index (χ0) is 17.5. The van der Waals surface area contributed by atoms with Crippen molar-refractivity contribution in [3.05, 3.63) is 28.2 Å². The first-order chi connectivity index (χ1) is 11.3. The summed E-state index contributed by atoms with van der Waals surface area (Å²) in [7, 11) is -3.04. The number of rotatable bonds is 3. The number of hydrogen-bond donors (Lipinski definition) is 0. The van der Waals surface area contributed by atoms with Crippen molar-refractivity contribution in [3.8, 4) is 0 Å². The average Bonchev–Trinajstić information content (AvgIpc) is 2.93. The lowest BCUT2D eigenvalue weighted by Gasteiger charge is -2.25. The summed E-state index contributed by atoms with van der Waals surface area (Å²) in [5.41, 5.74) is 1.94. The van der Waals surface area contributed by atoms with Crippen molar-refractivity contribution in [2.45, 2.75) is 38.0 Å². The van der Waals surface area contributed by atoms with Crippen LogP contribution in [0.2, 0.25) is 0 Å². The molecule has 8 heteroatoms. The van der Waals surface area contributed by atoms with E-state index in [4.69, 9.17) is 0 Å². The third kappa shape index (κ3) is 3.55. The van der Waals surface area contributed by atoms with E-state index in [1.165, 1.54) is 11.8 Å². The van der Waals surface area contributed by atoms with Crippen molar-refractivity contribution in [2.75, 3.05) is 16.4 Å². The number of hydrogen-bond acceptors (Lipinski definition) is 4. The van der Waals surface area contributed by atoms with Crippen LogP contribution >= 0.6 is 27.7 Å². The maximum atomic E-state index is 12.0. The van der Waals surface area contributed by atoms with Crippen molar-refractivity contribution < 1.29 is 13.2 Å². The standard InChI is InChI=1S/C16H19BrN2O3S2/c1-3-4-15(20)18-16-19(11-5-6-12(17)10(2)7-11)13-8-24(21,22)9-14(13)23-16/h5-7,13-14H,3-4,8-9H2,1-2H3/t13-,14-/m1/s1. The number of fused-ring (bicyclic) bond motifs is 1. The minimum Gasteiger partial charge on any atom is -0.316 e. The summed E-state index contributed by atoms with van der Waals surface area (Å²) in [6.07, 6.45) is 1.16. The lowest BCUT2D eigenvalue weighted by atomic mass is 10.1. The summed E-state index contributed by atoms with van der Waals surface area (Å²) in [4.78, 5) is 18.2. The fourth-order valence-electron chi connectivity index (χ4n) is 3.02. The summed E-state index contributed by atoms with van der Waals surface area (Å²) in [6, 6.07) is 5.72. The van der Waals surface area contributed by atoms with Gasteiger partial charge in [0.15, 0.2) is 15.0 Å². The van der Waals surface area contributed by atoms with Gasteiger partial charge >= 0.3 is 0 Å². The van der Waals surface area contributed by atoms with Crippen LogP contribution in [0.3, 0.4) is 0 Å². The number of halogens is 1. The van der Waals surface area contributed by atoms with Crippen LogP contribution in [0.1, 0.15) is 25.3 Å². The van der Waals surface area contributed by atoms with Gasteiger partial charge in [-0.1, -0.05) is 34.6 Å². The first-order valence-corrected chi connectivity index (χ1v) is 11.3. The minimum atomic E-state index is -3.04. The van der Waals surface area contributed by atoms with E-state index in [1.54, 1.807) is 0 Å². The molecule has 1 aromatic rings. The SMILES string of the molecule is CCCC(=O)N=C1S[C@@H]2CS(=O)(=O)C[C@H]2N1c1ccc(Br)c(C)c1. The minimum absolute atomic E-state index is 0.0628. The summed E-state index contributed by atoms with van der Waals surface area (Å²) in [5, 5.41) is 0.562. The van der Waals surface area contributed by atoms with Gasteiger partial charge in [0, 0.05) is 21.8 Å². The van der Waals surface area contributed by atoms with Crippen LogP contribution in [0.5, 0.6) is 0 Å². The van der Waals surface area contributed by atoms with Gasteiger partial charge < -0.3 is 4.90 Å². The number of benzene rings is 1. The summed E-state index contributed by atoms with van der Waals surface area (Å²) < 4.78 is 25.0. The predicted octanol–water partition coefficient (Wildman–Crippen LogP) is 3.16. The topological polar surface area (TPSA) is 66.8 Å². The number of nitrogens with zero attached hydrogens (tertiary/aromatic N) is 2. The fourth-order valence-corrected chi connectivity index (χ4v) is 7.20. The molecular weight excluding hydrogens is 412 g/mol. The molecule has 24 heavy (non-hydrogen) atoms. The van der Waals surface area contributed by atoms with Crippen molar-refractivity contribution in [1.29, 1.82) is 0 Å². The molecule has 0 aromatic heterocycles. The number of anilines is 1. The number of thioether (sulfide) groups is 1. The quantitative estimate of drug-likeness (QED) is 0.736. The average molecular weight is 431 g/mol. The maximum Gasteiger partial charge on any atom is 0.248 e. The molecule has 0 spiro atoms. The molecule has 0 radical (unpaired) electrons. The van der Waals surface area contributed by atoms with Crippen LogP contribution in [-0.4, -0.2) is 42.3 Å². The first kappa shape index (κ1) is 17.9. The van der Waals surface area contributed by atoms with E-state index in [-0.39, 0.29) is 28.7 Å². The molecule has 2 saturated heterocycles. The molecule has 5 nitrogen and oxygen atoms in total. The van der Waals surface area contributed by atoms with Crippen molar-refractivity contribution in [3.63, 3.8) is 0 Å². The van der Waals surface area contributed by atoms with Crippen LogP contribution in [0.15, 0.2) is 27.7 Å². The van der Waals surface area contributed by atoms with E-state index < -0.39 is 9.84 Å². The number of amides is 1. The van der Waals surface area contributed by atoms with Gasteiger partial charge in [0.25, 0.3) is 0 Å². The van der Waals surface area contributed by atoms with E-state index in [1.807, 2.05) is 36.9 Å². The molecule has 0 unspecified atom stereocenters. The number of aliphatic imine (C=N–C) groups is 1. The zero-order valence-corrected chi connectivity index (χ0v) is 16.7. The fraction of sp³-hybridized carbons (Fsp3) is 0.500. The highest BCUT2D eigenvalue weighted by Crippen LogP contribution is 2.41. The Morgan fingerprint density at radius 1 is 1.42 bits per heavy atom. The Morgan fingerprint density at radius 3 is 2.83 bits per heavy atom. The van der Waals surface area contributed by atoms with E-state index in [0.717, 1.165) is 22.1 Å². The van der Waals surface area contributed by atoms with Crippen molar-refractivity contribution >= 4 is 54.3 Å². The van der Waals surface area contributed by atoms with Gasteiger partial charge in [-0.25, -0.2) is 8.42 Å². The second-order valence-electron chi connectivity index (χ2n) is 6.14. The Balaban J connectivity index is 2.01. The van der Waals surface area contributed by atoms with Crippen LogP contribution in [-0.2, 0) is 14.6 Å². The van der Waals surface area contributed by atoms with E-state index in [2.05, 4.69) is 20.9 Å². The van der Waals surface area contributed by atoms with Crippen molar-refractivity contribution in [2.24, 2.45) is 4.99 Å². The number of carbonyl (C=O) groups is 1. The van der Waals surface area contributed by atoms with Crippen molar-refractivity contribution in [1.82, 2.24) is 0 Å². The second-order valence-corrected chi connectivity index (χ2v) is 10.4. The van der Waals surface area contributed by atoms with Crippen LogP contribution in [0.4, 0.5) is 5.69 Å². The molecule has 1 amide bonds. The summed E-state index contributed by atoms with van der Waals surface area (Å²) in [6.45, 7) is 3.93. The Bertz CT molecular complexity index is 808. The number of sulfone groups is 1. The smallest absolute Gasteiger partial charge is 0.248 e. The Morgan fingerprint density at radius 2 is 2.17 bits per heavy atom. The molecular formula is C16H19BrN2O3S2. The highest BCUT2D eigenvalue weighted by Gasteiger charge is 2.49. The van der Waals surface area contributed by atoms with E-state index in [0.29, 0.717) is 11.6 Å². The van der Waals surface area contributed by atoms with Gasteiger partial charge in [0.05, 0.1) is 17.5 Å². The second kappa shape index (κ2) is 6.80. The highest BCUT2D eigenvalue weighted by atomic mass is 79.9. The van der Waals surface area contributed by atoms with Gasteiger partial charge in [0.2, 0.25) is 5.91 Å². The molecule has 130 valence electrons. The molecule has 2 aliphatic rings. The summed E-state index contributed by atoms with van der Waals surface area (Å²) >= 11 is 4.90. The van der Waals surface area contributed by atoms with Crippen LogP contribution in [0, 0.1) is 6.92 Å². The molecule has 0 N–H and O–H groups in total. The Hall–Kier alpha value is -0.860. The molecule has 0 bridgehead atoms. The van der Waals surface area contributed by atoms with E-state index >= 15 is 0 Å². The molecule has 2 aliphatic heterocycles. The third-order valence-electron chi connectivity index (χ3n) is 4.17. The van der Waals surface area contributed by atoms with Gasteiger partial charge in [-0.3, -0.25) is 4.79 Å². The maximum absolute atomic E-state index is 12.0. The predicted molar refractivity (Wildman–Crippen MR) is 103 cm³/mol. The number of amidine groups is 1. The van der Waals surface area contributed by atoms with Gasteiger partial charge in [-0.15, -0.1) is 0 Å². The molecule has 0 aliphatic carbocycles. The number of aryl methyl sites for hydroxylation is 1. The third-order valence-corrected chi connectivity index (χ3v) is 8.27. The van der Waals surface area contributed by atoms with Gasteiger partial charge in [0.1, 0.15) is 0 Å². The zero-order valence-electron chi connectivity index (χ0n) is 13.5. The van der Waals surface area contributed by atoms with Crippen LogP contribution < -0.4 is 4.90 Å². The molecule has 2 atom stereocenters. The van der Waals surface area contributed by atoms with Gasteiger partial charge in [-0.2, -0.15) is 4.99 Å². The molecule has 0 saturated carbocycles. The molecule has 2 fully saturated rings. The first-order valence-electron chi connectivity index (χ1n) is 7.84. The Kier molecular flexibility index (Phi) is 5.09. The van der Waals surface area contributed by atoms with Gasteiger partial charge in [-0.05, 0) is 37.1 Å².